The number of sulfonamides is 1. The first-order valence-electron chi connectivity index (χ1n) is 9.68. The van der Waals surface area contributed by atoms with Crippen molar-refractivity contribution in [1.29, 1.82) is 0 Å². The van der Waals surface area contributed by atoms with E-state index in [4.69, 9.17) is 16.3 Å². The Balaban J connectivity index is 1.42. The number of amides is 1. The molecule has 2 fully saturated rings. The summed E-state index contributed by atoms with van der Waals surface area (Å²) >= 11 is 6.09. The lowest BCUT2D eigenvalue weighted by molar-refractivity contribution is -0.138. The summed E-state index contributed by atoms with van der Waals surface area (Å²) in [7, 11) is -3.24. The number of benzene rings is 1. The normalized spacial score (nSPS) is 22.2. The molecular formula is C19H28ClN3O4S. The fourth-order valence-electron chi connectivity index (χ4n) is 3.74. The summed E-state index contributed by atoms with van der Waals surface area (Å²) in [5.74, 6) is 0.546. The smallest absolute Gasteiger partial charge is 0.227 e. The number of halogens is 1. The molecule has 1 aromatic carbocycles. The van der Waals surface area contributed by atoms with Crippen molar-refractivity contribution in [3.05, 3.63) is 29.3 Å². The van der Waals surface area contributed by atoms with Crippen molar-refractivity contribution >= 4 is 27.5 Å². The number of ether oxygens (including phenoxy) is 1. The molecule has 1 amide bonds. The average molecular weight is 430 g/mol. The molecular weight excluding hydrogens is 402 g/mol. The number of nitrogens with zero attached hydrogens (tertiary/aromatic N) is 3. The molecule has 2 heterocycles. The number of carbonyl (C=O) groups excluding carboxylic acids is 1. The van der Waals surface area contributed by atoms with Crippen LogP contribution in [0.2, 0.25) is 5.02 Å². The van der Waals surface area contributed by atoms with Crippen molar-refractivity contribution in [2.24, 2.45) is 5.92 Å². The van der Waals surface area contributed by atoms with Crippen molar-refractivity contribution in [3.63, 3.8) is 0 Å². The van der Waals surface area contributed by atoms with Crippen LogP contribution in [0.5, 0.6) is 5.75 Å². The van der Waals surface area contributed by atoms with Gasteiger partial charge < -0.3 is 9.64 Å². The molecule has 0 N–H and O–H groups in total. The average Bonchev–Trinajstić information content (AvgIpc) is 2.69. The maximum Gasteiger partial charge on any atom is 0.227 e. The van der Waals surface area contributed by atoms with Crippen molar-refractivity contribution < 1.29 is 17.9 Å². The largest absolute Gasteiger partial charge is 0.491 e. The summed E-state index contributed by atoms with van der Waals surface area (Å²) in [6, 6.07) is 7.41. The van der Waals surface area contributed by atoms with Gasteiger partial charge in [-0.2, -0.15) is 0 Å². The second-order valence-corrected chi connectivity index (χ2v) is 9.80. The summed E-state index contributed by atoms with van der Waals surface area (Å²) in [6.45, 7) is 5.06. The minimum Gasteiger partial charge on any atom is -0.491 e. The van der Waals surface area contributed by atoms with Crippen LogP contribution in [-0.2, 0) is 14.8 Å². The van der Waals surface area contributed by atoms with E-state index in [0.717, 1.165) is 32.5 Å². The molecule has 28 heavy (non-hydrogen) atoms. The van der Waals surface area contributed by atoms with E-state index in [-0.39, 0.29) is 11.8 Å². The highest BCUT2D eigenvalue weighted by atomic mass is 35.5. The highest BCUT2D eigenvalue weighted by Gasteiger charge is 2.33. The van der Waals surface area contributed by atoms with Gasteiger partial charge in [0.1, 0.15) is 12.4 Å². The summed E-state index contributed by atoms with van der Waals surface area (Å²) in [5, 5.41) is 0.605. The Morgan fingerprint density at radius 2 is 1.89 bits per heavy atom. The zero-order valence-corrected chi connectivity index (χ0v) is 17.8. The van der Waals surface area contributed by atoms with Crippen LogP contribution in [0.3, 0.4) is 0 Å². The quantitative estimate of drug-likeness (QED) is 0.686. The van der Waals surface area contributed by atoms with E-state index < -0.39 is 10.0 Å². The highest BCUT2D eigenvalue weighted by Crippen LogP contribution is 2.23. The topological polar surface area (TPSA) is 70.2 Å². The first kappa shape index (κ1) is 21.4. The third-order valence-electron chi connectivity index (χ3n) is 5.39. The summed E-state index contributed by atoms with van der Waals surface area (Å²) < 4.78 is 30.7. The molecule has 2 aliphatic heterocycles. The minimum atomic E-state index is -3.24. The first-order chi connectivity index (χ1) is 13.3. The fraction of sp³-hybridized carbons (Fsp3) is 0.632. The second-order valence-electron chi connectivity index (χ2n) is 7.41. The van der Waals surface area contributed by atoms with E-state index in [1.807, 2.05) is 23.1 Å². The van der Waals surface area contributed by atoms with Gasteiger partial charge in [-0.05, 0) is 25.0 Å². The van der Waals surface area contributed by atoms with E-state index in [9.17, 15) is 13.2 Å². The van der Waals surface area contributed by atoms with Gasteiger partial charge in [-0.3, -0.25) is 9.69 Å². The maximum atomic E-state index is 12.8. The lowest BCUT2D eigenvalue weighted by Crippen LogP contribution is -2.53. The number of rotatable bonds is 6. The minimum absolute atomic E-state index is 0.0836. The molecule has 9 heteroatoms. The maximum absolute atomic E-state index is 12.8. The van der Waals surface area contributed by atoms with Crippen LogP contribution in [0, 0.1) is 5.92 Å². The van der Waals surface area contributed by atoms with Crippen LogP contribution < -0.4 is 4.74 Å². The van der Waals surface area contributed by atoms with Gasteiger partial charge in [0.05, 0.1) is 17.2 Å². The molecule has 7 nitrogen and oxygen atoms in total. The standard InChI is InChI=1S/C19H28ClN3O4S/c1-28(25,26)23-8-4-5-16(15-23)19(24)22-11-9-21(10-12-22)13-14-27-18-7-3-2-6-17(18)20/h2-3,6-7,16H,4-5,8-15H2,1H3. The lowest BCUT2D eigenvalue weighted by Gasteiger charge is -2.38. The fourth-order valence-corrected chi connectivity index (χ4v) is 4.84. The highest BCUT2D eigenvalue weighted by molar-refractivity contribution is 7.88. The predicted molar refractivity (Wildman–Crippen MR) is 109 cm³/mol. The summed E-state index contributed by atoms with van der Waals surface area (Å²) in [4.78, 5) is 17.0. The monoisotopic (exact) mass is 429 g/mol. The molecule has 0 aliphatic carbocycles. The first-order valence-corrected chi connectivity index (χ1v) is 11.9. The lowest BCUT2D eigenvalue weighted by atomic mass is 9.98. The number of carbonyl (C=O) groups is 1. The number of piperazine rings is 1. The Labute approximate surface area is 172 Å². The van der Waals surface area contributed by atoms with Gasteiger partial charge in [-0.1, -0.05) is 23.7 Å². The Bertz CT molecular complexity index is 781. The van der Waals surface area contributed by atoms with Crippen molar-refractivity contribution in [1.82, 2.24) is 14.1 Å². The molecule has 1 unspecified atom stereocenters. The van der Waals surface area contributed by atoms with Gasteiger partial charge in [-0.15, -0.1) is 0 Å². The van der Waals surface area contributed by atoms with Crippen molar-refractivity contribution in [2.75, 3.05) is 58.7 Å². The number of piperidine rings is 1. The van der Waals surface area contributed by atoms with Gasteiger partial charge in [0, 0.05) is 45.8 Å². The Morgan fingerprint density at radius 3 is 2.57 bits per heavy atom. The number of hydrogen-bond donors (Lipinski definition) is 0. The van der Waals surface area contributed by atoms with Crippen molar-refractivity contribution in [3.8, 4) is 5.75 Å². The van der Waals surface area contributed by atoms with E-state index in [1.54, 1.807) is 6.07 Å². The molecule has 3 rings (SSSR count). The SMILES string of the molecule is CS(=O)(=O)N1CCCC(C(=O)N2CCN(CCOc3ccccc3Cl)CC2)C1. The van der Waals surface area contributed by atoms with Crippen molar-refractivity contribution in [2.45, 2.75) is 12.8 Å². The number of para-hydroxylation sites is 1. The molecule has 0 radical (unpaired) electrons. The van der Waals surface area contributed by atoms with Crippen LogP contribution in [0.15, 0.2) is 24.3 Å². The third kappa shape index (κ3) is 5.59. The Kier molecular flexibility index (Phi) is 7.20. The second kappa shape index (κ2) is 9.43. The van der Waals surface area contributed by atoms with E-state index in [0.29, 0.717) is 43.6 Å². The zero-order chi connectivity index (χ0) is 20.1. The van der Waals surface area contributed by atoms with Crippen LogP contribution in [-0.4, -0.2) is 87.1 Å². The van der Waals surface area contributed by atoms with Crippen LogP contribution >= 0.6 is 11.6 Å². The van der Waals surface area contributed by atoms with E-state index in [1.165, 1.54) is 10.6 Å². The molecule has 156 valence electrons. The van der Waals surface area contributed by atoms with Gasteiger partial charge in [0.15, 0.2) is 0 Å². The molecule has 0 spiro atoms. The Hall–Kier alpha value is -1.35. The molecule has 1 aromatic rings. The van der Waals surface area contributed by atoms with Crippen LogP contribution in [0.4, 0.5) is 0 Å². The summed E-state index contributed by atoms with van der Waals surface area (Å²) in [5.41, 5.74) is 0. The molecule has 1 atom stereocenters. The molecule has 0 saturated carbocycles. The third-order valence-corrected chi connectivity index (χ3v) is 6.97. The molecule has 0 bridgehead atoms. The Morgan fingerprint density at radius 1 is 1.18 bits per heavy atom. The predicted octanol–water partition coefficient (Wildman–Crippen LogP) is 1.53. The van der Waals surface area contributed by atoms with Gasteiger partial charge in [0.25, 0.3) is 0 Å². The van der Waals surface area contributed by atoms with E-state index in [2.05, 4.69) is 4.90 Å². The molecule has 2 aliphatic rings. The van der Waals surface area contributed by atoms with E-state index >= 15 is 0 Å². The molecule has 2 saturated heterocycles. The molecule has 0 aromatic heterocycles. The van der Waals surface area contributed by atoms with Crippen LogP contribution in [0.1, 0.15) is 12.8 Å². The zero-order valence-electron chi connectivity index (χ0n) is 16.2. The van der Waals surface area contributed by atoms with Crippen LogP contribution in [0.25, 0.3) is 0 Å². The number of hydrogen-bond acceptors (Lipinski definition) is 5. The van der Waals surface area contributed by atoms with Gasteiger partial charge in [-0.25, -0.2) is 12.7 Å². The summed E-state index contributed by atoms with van der Waals surface area (Å²) in [6.07, 6.45) is 2.71. The van der Waals surface area contributed by atoms with Gasteiger partial charge >= 0.3 is 0 Å². The van der Waals surface area contributed by atoms with Gasteiger partial charge in [0.2, 0.25) is 15.9 Å².